The predicted molar refractivity (Wildman–Crippen MR) is 112 cm³/mol. The van der Waals surface area contributed by atoms with Gasteiger partial charge in [-0.2, -0.15) is 0 Å². The SMILES string of the molecule is Cc1cccc(CCNC(=O)C2CCCN(C3CCN(C(=O)C4CC4)CC3)C2)n1. The quantitative estimate of drug-likeness (QED) is 0.798. The van der Waals surface area contributed by atoms with Crippen LogP contribution in [0.25, 0.3) is 0 Å². The van der Waals surface area contributed by atoms with E-state index < -0.39 is 0 Å². The number of hydrogen-bond donors (Lipinski definition) is 1. The van der Waals surface area contributed by atoms with Crippen LogP contribution in [-0.4, -0.2) is 65.4 Å². The van der Waals surface area contributed by atoms with E-state index in [4.69, 9.17) is 0 Å². The normalized spacial score (nSPS) is 23.8. The molecule has 0 bridgehead atoms. The van der Waals surface area contributed by atoms with E-state index in [-0.39, 0.29) is 11.8 Å². The van der Waals surface area contributed by atoms with E-state index in [0.29, 0.717) is 24.4 Å². The van der Waals surface area contributed by atoms with Crippen LogP contribution in [0.1, 0.15) is 49.9 Å². The zero-order valence-corrected chi connectivity index (χ0v) is 17.6. The first-order valence-corrected chi connectivity index (χ1v) is 11.3. The number of rotatable bonds is 6. The highest BCUT2D eigenvalue weighted by Crippen LogP contribution is 2.32. The molecule has 2 amide bonds. The summed E-state index contributed by atoms with van der Waals surface area (Å²) >= 11 is 0. The Hall–Kier alpha value is -1.95. The van der Waals surface area contributed by atoms with E-state index in [1.54, 1.807) is 0 Å². The Kier molecular flexibility index (Phi) is 6.48. The van der Waals surface area contributed by atoms with Crippen molar-refractivity contribution in [1.29, 1.82) is 0 Å². The van der Waals surface area contributed by atoms with Crippen LogP contribution in [0, 0.1) is 18.8 Å². The zero-order chi connectivity index (χ0) is 20.2. The number of nitrogens with one attached hydrogen (secondary N) is 1. The second-order valence-electron chi connectivity index (χ2n) is 8.98. The topological polar surface area (TPSA) is 65.5 Å². The van der Waals surface area contributed by atoms with Gasteiger partial charge in [0.15, 0.2) is 0 Å². The highest BCUT2D eigenvalue weighted by atomic mass is 16.2. The standard InChI is InChI=1S/C23H34N4O2/c1-17-4-2-6-20(25-17)9-12-24-22(28)19-5-3-13-27(16-19)21-10-14-26(15-11-21)23(29)18-7-8-18/h2,4,6,18-19,21H,3,5,7-16H2,1H3,(H,24,28). The number of carbonyl (C=O) groups excluding carboxylic acids is 2. The highest BCUT2D eigenvalue weighted by Gasteiger charge is 2.37. The van der Waals surface area contributed by atoms with Gasteiger partial charge in [0.2, 0.25) is 11.8 Å². The van der Waals surface area contributed by atoms with Crippen LogP contribution in [0.2, 0.25) is 0 Å². The monoisotopic (exact) mass is 398 g/mol. The fraction of sp³-hybridized carbons (Fsp3) is 0.696. The van der Waals surface area contributed by atoms with Gasteiger partial charge in [-0.1, -0.05) is 6.07 Å². The molecule has 1 N–H and O–H groups in total. The molecule has 6 nitrogen and oxygen atoms in total. The number of pyridine rings is 1. The molecule has 2 aliphatic heterocycles. The summed E-state index contributed by atoms with van der Waals surface area (Å²) in [5.74, 6) is 0.969. The minimum Gasteiger partial charge on any atom is -0.355 e. The van der Waals surface area contributed by atoms with Gasteiger partial charge in [-0.15, -0.1) is 0 Å². The summed E-state index contributed by atoms with van der Waals surface area (Å²) in [5.41, 5.74) is 2.05. The molecule has 1 aromatic rings. The summed E-state index contributed by atoms with van der Waals surface area (Å²) in [7, 11) is 0. The van der Waals surface area contributed by atoms with Crippen LogP contribution in [0.15, 0.2) is 18.2 Å². The lowest BCUT2D eigenvalue weighted by Gasteiger charge is -2.42. The molecule has 2 saturated heterocycles. The molecule has 0 radical (unpaired) electrons. The van der Waals surface area contributed by atoms with Crippen LogP contribution in [0.3, 0.4) is 0 Å². The molecule has 29 heavy (non-hydrogen) atoms. The van der Waals surface area contributed by atoms with Crippen molar-refractivity contribution in [2.45, 2.75) is 57.9 Å². The van der Waals surface area contributed by atoms with E-state index in [1.807, 2.05) is 25.1 Å². The number of amides is 2. The summed E-state index contributed by atoms with van der Waals surface area (Å²) in [4.78, 5) is 34.0. The van der Waals surface area contributed by atoms with Crippen molar-refractivity contribution >= 4 is 11.8 Å². The molecule has 3 fully saturated rings. The summed E-state index contributed by atoms with van der Waals surface area (Å²) < 4.78 is 0. The van der Waals surface area contributed by atoms with Crippen molar-refractivity contribution in [2.24, 2.45) is 11.8 Å². The Morgan fingerprint density at radius 3 is 2.59 bits per heavy atom. The number of likely N-dealkylation sites (tertiary alicyclic amines) is 2. The number of carbonyl (C=O) groups is 2. The van der Waals surface area contributed by atoms with Crippen LogP contribution in [0.4, 0.5) is 0 Å². The first kappa shape index (κ1) is 20.3. The van der Waals surface area contributed by atoms with Gasteiger partial charge in [0.05, 0.1) is 5.92 Å². The smallest absolute Gasteiger partial charge is 0.225 e. The van der Waals surface area contributed by atoms with Gasteiger partial charge in [-0.3, -0.25) is 19.5 Å². The van der Waals surface area contributed by atoms with E-state index in [9.17, 15) is 9.59 Å². The van der Waals surface area contributed by atoms with Crippen molar-refractivity contribution in [3.8, 4) is 0 Å². The van der Waals surface area contributed by atoms with Gasteiger partial charge >= 0.3 is 0 Å². The maximum Gasteiger partial charge on any atom is 0.225 e. The lowest BCUT2D eigenvalue weighted by Crippen LogP contribution is -2.51. The van der Waals surface area contributed by atoms with E-state index in [0.717, 1.165) is 82.5 Å². The second kappa shape index (κ2) is 9.24. The first-order valence-electron chi connectivity index (χ1n) is 11.3. The summed E-state index contributed by atoms with van der Waals surface area (Å²) in [6.45, 7) is 6.35. The number of hydrogen-bond acceptors (Lipinski definition) is 4. The van der Waals surface area contributed by atoms with Crippen molar-refractivity contribution in [1.82, 2.24) is 20.1 Å². The Labute approximate surface area is 174 Å². The fourth-order valence-corrected chi connectivity index (χ4v) is 4.79. The summed E-state index contributed by atoms with van der Waals surface area (Å²) in [5, 5.41) is 3.13. The molecule has 1 atom stereocenters. The molecule has 3 heterocycles. The molecular weight excluding hydrogens is 364 g/mol. The van der Waals surface area contributed by atoms with E-state index in [2.05, 4.69) is 20.1 Å². The van der Waals surface area contributed by atoms with Crippen molar-refractivity contribution in [3.63, 3.8) is 0 Å². The minimum absolute atomic E-state index is 0.0837. The van der Waals surface area contributed by atoms with Crippen molar-refractivity contribution < 1.29 is 9.59 Å². The summed E-state index contributed by atoms with van der Waals surface area (Å²) in [6, 6.07) is 6.54. The lowest BCUT2D eigenvalue weighted by atomic mass is 9.93. The number of nitrogens with zero attached hydrogens (tertiary/aromatic N) is 3. The largest absolute Gasteiger partial charge is 0.355 e. The molecule has 0 aromatic carbocycles. The molecule has 0 spiro atoms. The maximum absolute atomic E-state index is 12.7. The van der Waals surface area contributed by atoms with Crippen molar-refractivity contribution in [3.05, 3.63) is 29.6 Å². The van der Waals surface area contributed by atoms with Gasteiger partial charge in [0, 0.05) is 55.9 Å². The third kappa shape index (κ3) is 5.35. The zero-order valence-electron chi connectivity index (χ0n) is 17.6. The second-order valence-corrected chi connectivity index (χ2v) is 8.98. The first-order chi connectivity index (χ1) is 14.1. The maximum atomic E-state index is 12.7. The molecular formula is C23H34N4O2. The van der Waals surface area contributed by atoms with Gasteiger partial charge < -0.3 is 10.2 Å². The molecule has 1 unspecified atom stereocenters. The van der Waals surface area contributed by atoms with Crippen LogP contribution in [-0.2, 0) is 16.0 Å². The molecule has 158 valence electrons. The average Bonchev–Trinajstić information content (AvgIpc) is 3.59. The van der Waals surface area contributed by atoms with Gasteiger partial charge in [-0.25, -0.2) is 0 Å². The average molecular weight is 399 g/mol. The molecule has 3 aliphatic rings. The third-order valence-electron chi connectivity index (χ3n) is 6.67. The van der Waals surface area contributed by atoms with Gasteiger partial charge in [0.1, 0.15) is 0 Å². The molecule has 1 aromatic heterocycles. The van der Waals surface area contributed by atoms with Gasteiger partial charge in [0.25, 0.3) is 0 Å². The Morgan fingerprint density at radius 1 is 1.07 bits per heavy atom. The Balaban J connectivity index is 1.20. The minimum atomic E-state index is 0.0837. The number of piperidine rings is 2. The van der Waals surface area contributed by atoms with E-state index in [1.165, 1.54) is 0 Å². The van der Waals surface area contributed by atoms with Crippen LogP contribution >= 0.6 is 0 Å². The van der Waals surface area contributed by atoms with Gasteiger partial charge in [-0.05, 0) is 64.1 Å². The molecule has 4 rings (SSSR count). The van der Waals surface area contributed by atoms with Crippen molar-refractivity contribution in [2.75, 3.05) is 32.7 Å². The van der Waals surface area contributed by atoms with E-state index >= 15 is 0 Å². The Morgan fingerprint density at radius 2 is 1.86 bits per heavy atom. The Bertz CT molecular complexity index is 725. The predicted octanol–water partition coefficient (Wildman–Crippen LogP) is 2.16. The van der Waals surface area contributed by atoms with Crippen LogP contribution in [0.5, 0.6) is 0 Å². The third-order valence-corrected chi connectivity index (χ3v) is 6.67. The number of aromatic nitrogens is 1. The molecule has 1 saturated carbocycles. The molecule has 6 heteroatoms. The fourth-order valence-electron chi connectivity index (χ4n) is 4.79. The van der Waals surface area contributed by atoms with Crippen LogP contribution < -0.4 is 5.32 Å². The molecule has 1 aliphatic carbocycles. The highest BCUT2D eigenvalue weighted by molar-refractivity contribution is 5.81. The lowest BCUT2D eigenvalue weighted by molar-refractivity contribution is -0.134. The summed E-state index contributed by atoms with van der Waals surface area (Å²) in [6.07, 6.45) is 7.10. The number of aryl methyl sites for hydroxylation is 1.